The van der Waals surface area contributed by atoms with E-state index in [4.69, 9.17) is 10.5 Å². The smallest absolute Gasteiger partial charge is 0.419 e. The highest BCUT2D eigenvalue weighted by Crippen LogP contribution is 2.39. The molecule has 0 saturated carbocycles. The van der Waals surface area contributed by atoms with Crippen LogP contribution in [0.15, 0.2) is 48.7 Å². The summed E-state index contributed by atoms with van der Waals surface area (Å²) in [5.74, 6) is -2.01. The Morgan fingerprint density at radius 1 is 1.05 bits per heavy atom. The summed E-state index contributed by atoms with van der Waals surface area (Å²) in [6, 6.07) is 9.86. The monoisotopic (exact) mass is 574 g/mol. The third-order valence-corrected chi connectivity index (χ3v) is 5.99. The minimum atomic E-state index is -4.78. The van der Waals surface area contributed by atoms with E-state index in [-0.39, 0.29) is 46.1 Å². The quantitative estimate of drug-likeness (QED) is 0.247. The molecule has 0 radical (unpaired) electrons. The van der Waals surface area contributed by atoms with Crippen LogP contribution < -0.4 is 26.4 Å². The molecule has 6 N–H and O–H groups in total. The molecular weight excluding hydrogens is 545 g/mol. The summed E-state index contributed by atoms with van der Waals surface area (Å²) in [4.78, 5) is 41.7. The van der Waals surface area contributed by atoms with E-state index in [1.807, 2.05) is 0 Å². The largest absolute Gasteiger partial charge is 0.494 e. The number of hydrogen-bond acceptors (Lipinski definition) is 8. The van der Waals surface area contributed by atoms with Gasteiger partial charge in [-0.2, -0.15) is 13.2 Å². The van der Waals surface area contributed by atoms with Crippen molar-refractivity contribution in [2.45, 2.75) is 18.7 Å². The van der Waals surface area contributed by atoms with Gasteiger partial charge in [0, 0.05) is 51.0 Å². The molecule has 0 aliphatic carbocycles. The molecule has 1 atom stereocenters. The third-order valence-electron chi connectivity index (χ3n) is 5.99. The van der Waals surface area contributed by atoms with Gasteiger partial charge < -0.3 is 36.4 Å². The van der Waals surface area contributed by atoms with Gasteiger partial charge >= 0.3 is 6.18 Å². The Morgan fingerprint density at radius 2 is 1.73 bits per heavy atom. The second-order valence-corrected chi connectivity index (χ2v) is 8.98. The van der Waals surface area contributed by atoms with Gasteiger partial charge in [-0.15, -0.1) is 0 Å². The van der Waals surface area contributed by atoms with Crippen LogP contribution in [0.4, 0.5) is 36.1 Å². The maximum atomic E-state index is 13.9. The first-order valence-corrected chi connectivity index (χ1v) is 12.1. The average Bonchev–Trinajstić information content (AvgIpc) is 2.91. The van der Waals surface area contributed by atoms with Crippen molar-refractivity contribution >= 4 is 40.6 Å². The maximum absolute atomic E-state index is 13.9. The Hall–Kier alpha value is -4.85. The van der Waals surface area contributed by atoms with Crippen molar-refractivity contribution in [1.82, 2.24) is 15.2 Å². The summed E-state index contributed by atoms with van der Waals surface area (Å²) in [5, 5.41) is 18.4. The summed E-state index contributed by atoms with van der Waals surface area (Å²) >= 11 is 0. The van der Waals surface area contributed by atoms with Crippen molar-refractivity contribution in [1.29, 1.82) is 0 Å². The lowest BCUT2D eigenvalue weighted by Crippen LogP contribution is -2.35. The molecule has 1 unspecified atom stereocenters. The van der Waals surface area contributed by atoms with Gasteiger partial charge in [-0.3, -0.25) is 14.4 Å². The second-order valence-electron chi connectivity index (χ2n) is 8.98. The molecule has 0 bridgehead atoms. The molecule has 0 fully saturated rings. The highest BCUT2D eigenvalue weighted by molar-refractivity contribution is 6.00. The number of amides is 3. The lowest BCUT2D eigenvalue weighted by molar-refractivity contribution is -0.138. The molecule has 0 aliphatic rings. The number of halogens is 3. The topological polar surface area (TPSA) is 159 Å². The first kappa shape index (κ1) is 30.7. The van der Waals surface area contributed by atoms with Crippen molar-refractivity contribution in [2.24, 2.45) is 5.73 Å². The van der Waals surface area contributed by atoms with Gasteiger partial charge in [-0.25, -0.2) is 4.98 Å². The molecule has 218 valence electrons. The van der Waals surface area contributed by atoms with Gasteiger partial charge in [0.2, 0.25) is 5.91 Å². The number of aliphatic hydroxyl groups is 1. The van der Waals surface area contributed by atoms with E-state index in [0.29, 0.717) is 6.20 Å². The fourth-order valence-corrected chi connectivity index (χ4v) is 4.03. The molecule has 0 saturated heterocycles. The SMILES string of the molecule is CNC(=O)c1ccccc1Nc1cc(Nc2ccc(C(N)=O)c(CC(O)C(=O)N(C)C)c2OC)ncc1C(F)(F)F. The number of ether oxygens (including phenoxy) is 1. The van der Waals surface area contributed by atoms with Crippen molar-refractivity contribution in [3.8, 4) is 5.75 Å². The Bertz CT molecular complexity index is 1460. The molecule has 41 heavy (non-hydrogen) atoms. The average molecular weight is 575 g/mol. The van der Waals surface area contributed by atoms with Crippen molar-refractivity contribution in [3.63, 3.8) is 0 Å². The van der Waals surface area contributed by atoms with Crippen LogP contribution in [0.2, 0.25) is 0 Å². The van der Waals surface area contributed by atoms with Crippen LogP contribution in [0, 0.1) is 0 Å². The Labute approximate surface area is 233 Å². The molecule has 1 aromatic heterocycles. The molecule has 0 aliphatic heterocycles. The second kappa shape index (κ2) is 12.6. The predicted octanol–water partition coefficient (Wildman–Crippen LogP) is 3.05. The maximum Gasteiger partial charge on any atom is 0.419 e. The first-order valence-electron chi connectivity index (χ1n) is 12.1. The first-order chi connectivity index (χ1) is 19.3. The number of aromatic nitrogens is 1. The predicted molar refractivity (Wildman–Crippen MR) is 146 cm³/mol. The number of benzene rings is 2. The van der Waals surface area contributed by atoms with Gasteiger partial charge in [0.15, 0.2) is 0 Å². The highest BCUT2D eigenvalue weighted by atomic mass is 19.4. The third kappa shape index (κ3) is 7.03. The van der Waals surface area contributed by atoms with Gasteiger partial charge in [0.1, 0.15) is 17.7 Å². The van der Waals surface area contributed by atoms with Crippen LogP contribution in [-0.2, 0) is 17.4 Å². The fourth-order valence-electron chi connectivity index (χ4n) is 4.03. The van der Waals surface area contributed by atoms with Crippen molar-refractivity contribution in [3.05, 3.63) is 70.9 Å². The number of aliphatic hydroxyl groups excluding tert-OH is 1. The van der Waals surface area contributed by atoms with Crippen LogP contribution in [-0.4, -0.2) is 67.1 Å². The fraction of sp³-hybridized carbons (Fsp3) is 0.259. The Morgan fingerprint density at radius 3 is 2.32 bits per heavy atom. The van der Waals surface area contributed by atoms with E-state index in [0.717, 1.165) is 6.07 Å². The standard InChI is InChI=1S/C27H29F3N6O5/c1-32-25(39)15-7-5-6-8-18(15)34-20-12-22(33-13-17(20)27(28,29)30)35-19-10-9-14(24(31)38)16(23(19)41-4)11-21(37)26(40)36(2)3/h5-10,12-13,21,37H,11H2,1-4H3,(H2,31,38)(H,32,39)(H2,33,34,35). The molecule has 0 spiro atoms. The van der Waals surface area contributed by atoms with Gasteiger partial charge in [0.05, 0.1) is 35.3 Å². The van der Waals surface area contributed by atoms with Gasteiger partial charge in [-0.1, -0.05) is 12.1 Å². The summed E-state index contributed by atoms with van der Waals surface area (Å²) in [7, 11) is 5.57. The minimum absolute atomic E-state index is 0.0214. The van der Waals surface area contributed by atoms with Crippen LogP contribution >= 0.6 is 0 Å². The minimum Gasteiger partial charge on any atom is -0.494 e. The summed E-state index contributed by atoms with van der Waals surface area (Å²) in [6.07, 6.45) is -6.03. The lowest BCUT2D eigenvalue weighted by atomic mass is 9.98. The number of methoxy groups -OCH3 is 1. The van der Waals surface area contributed by atoms with Crippen molar-refractivity contribution < 1.29 is 37.4 Å². The van der Waals surface area contributed by atoms with Crippen LogP contribution in [0.3, 0.4) is 0 Å². The van der Waals surface area contributed by atoms with E-state index < -0.39 is 41.3 Å². The highest BCUT2D eigenvalue weighted by Gasteiger charge is 2.35. The zero-order valence-corrected chi connectivity index (χ0v) is 22.6. The summed E-state index contributed by atoms with van der Waals surface area (Å²) in [5.41, 5.74) is 4.51. The number of carbonyl (C=O) groups excluding carboxylic acids is 3. The Balaban J connectivity index is 2.08. The molecule has 3 rings (SSSR count). The van der Waals surface area contributed by atoms with E-state index in [9.17, 15) is 32.7 Å². The number of alkyl halides is 3. The number of pyridine rings is 1. The summed E-state index contributed by atoms with van der Waals surface area (Å²) < 4.78 is 47.1. The number of anilines is 4. The number of hydrogen-bond donors (Lipinski definition) is 5. The van der Waals surface area contributed by atoms with Crippen LogP contribution in [0.25, 0.3) is 0 Å². The summed E-state index contributed by atoms with van der Waals surface area (Å²) in [6.45, 7) is 0. The van der Waals surface area contributed by atoms with Crippen LogP contribution in [0.5, 0.6) is 5.75 Å². The van der Waals surface area contributed by atoms with Gasteiger partial charge in [0.25, 0.3) is 11.8 Å². The number of nitrogens with zero attached hydrogens (tertiary/aromatic N) is 2. The molecule has 3 amide bonds. The van der Waals surface area contributed by atoms with Crippen molar-refractivity contribution in [2.75, 3.05) is 38.9 Å². The van der Waals surface area contributed by atoms with E-state index in [2.05, 4.69) is 20.9 Å². The zero-order chi connectivity index (χ0) is 30.5. The number of likely N-dealkylation sites (N-methyl/N-ethyl adjacent to an activating group) is 1. The molecule has 2 aromatic carbocycles. The number of nitrogens with one attached hydrogen (secondary N) is 3. The molecule has 14 heteroatoms. The number of primary amides is 1. The molecule has 1 heterocycles. The Kier molecular flexibility index (Phi) is 9.39. The number of carbonyl (C=O) groups is 3. The van der Waals surface area contributed by atoms with E-state index in [1.165, 1.54) is 57.4 Å². The normalized spacial score (nSPS) is 11.8. The zero-order valence-electron chi connectivity index (χ0n) is 22.6. The van der Waals surface area contributed by atoms with E-state index in [1.54, 1.807) is 12.1 Å². The molecule has 11 nitrogen and oxygen atoms in total. The molecule has 3 aromatic rings. The number of para-hydroxylation sites is 1. The molecular formula is C27H29F3N6O5. The lowest BCUT2D eigenvalue weighted by Gasteiger charge is -2.21. The van der Waals surface area contributed by atoms with Gasteiger partial charge in [-0.05, 0) is 24.3 Å². The number of rotatable bonds is 10. The van der Waals surface area contributed by atoms with E-state index >= 15 is 0 Å². The van der Waals surface area contributed by atoms with Crippen LogP contribution in [0.1, 0.15) is 31.8 Å². The number of nitrogens with two attached hydrogens (primary N) is 1.